The number of carbonyl (C=O) groups excluding carboxylic acids is 1. The molecule has 0 heterocycles. The maximum atomic E-state index is 14.4. The molecule has 5 heteroatoms. The van der Waals surface area contributed by atoms with Crippen LogP contribution in [0.3, 0.4) is 0 Å². The fourth-order valence-electron chi connectivity index (χ4n) is 14.3. The number of ether oxygens (including phenoxy) is 4. The van der Waals surface area contributed by atoms with Crippen LogP contribution in [0.15, 0.2) is 23.8 Å². The molecule has 1 aromatic carbocycles. The Morgan fingerprint density at radius 1 is 0.580 bits per heavy atom. The standard InChI is InChI=1S/C64H110O5/c1-9-12-15-18-21-24-27-30-44-66-59-47-52(48-60(67-45-31-28-25-22-19-16-13-10-2)61(59)68-46-32-29-26-23-20-17-14-11-3)62(65)69-54-40-42-63(7)53(49-54)36-37-55-57-39-38-56(51(6)35-33-34-50(4)5)64(57,8)43-41-58(55)63/h36,47-48,50-51,54-58H,9-35,37-46,49H2,1-8H3/t51-,54?,55+,56-,57+,58+,63+,64-/m1/s1. The smallest absolute Gasteiger partial charge is 0.338 e. The summed E-state index contributed by atoms with van der Waals surface area (Å²) < 4.78 is 26.4. The van der Waals surface area contributed by atoms with Gasteiger partial charge in [0, 0.05) is 6.42 Å². The minimum absolute atomic E-state index is 0.105. The van der Waals surface area contributed by atoms with Gasteiger partial charge in [-0.05, 0) is 123 Å². The van der Waals surface area contributed by atoms with Gasteiger partial charge in [0.05, 0.1) is 25.4 Å². The van der Waals surface area contributed by atoms with Crippen molar-refractivity contribution in [3.63, 3.8) is 0 Å². The van der Waals surface area contributed by atoms with Crippen LogP contribution in [0, 0.1) is 46.3 Å². The summed E-state index contributed by atoms with van der Waals surface area (Å²) in [7, 11) is 0. The van der Waals surface area contributed by atoms with Gasteiger partial charge in [0.2, 0.25) is 5.75 Å². The topological polar surface area (TPSA) is 54.0 Å². The molecule has 1 aromatic rings. The third kappa shape index (κ3) is 17.8. The highest BCUT2D eigenvalue weighted by atomic mass is 16.6. The van der Waals surface area contributed by atoms with E-state index in [1.54, 1.807) is 5.57 Å². The Hall–Kier alpha value is -2.17. The number of benzene rings is 1. The first kappa shape index (κ1) is 57.7. The lowest BCUT2D eigenvalue weighted by atomic mass is 9.47. The molecular weight excluding hydrogens is 849 g/mol. The predicted molar refractivity (Wildman–Crippen MR) is 293 cm³/mol. The van der Waals surface area contributed by atoms with E-state index in [4.69, 9.17) is 18.9 Å². The summed E-state index contributed by atoms with van der Waals surface area (Å²) in [6, 6.07) is 3.83. The van der Waals surface area contributed by atoms with E-state index >= 15 is 0 Å². The van der Waals surface area contributed by atoms with Gasteiger partial charge in [-0.2, -0.15) is 0 Å². The zero-order chi connectivity index (χ0) is 49.3. The van der Waals surface area contributed by atoms with Crippen molar-refractivity contribution in [3.05, 3.63) is 29.3 Å². The van der Waals surface area contributed by atoms with Crippen LogP contribution in [0.1, 0.15) is 290 Å². The molecule has 0 aliphatic heterocycles. The van der Waals surface area contributed by atoms with Crippen LogP contribution < -0.4 is 14.2 Å². The molecule has 0 radical (unpaired) electrons. The number of allylic oxidation sites excluding steroid dienone is 1. The zero-order valence-electron chi connectivity index (χ0n) is 46.7. The summed E-state index contributed by atoms with van der Waals surface area (Å²) in [5.41, 5.74) is 2.81. The summed E-state index contributed by atoms with van der Waals surface area (Å²) >= 11 is 0. The van der Waals surface area contributed by atoms with Crippen LogP contribution >= 0.6 is 0 Å². The maximum absolute atomic E-state index is 14.4. The van der Waals surface area contributed by atoms with Crippen molar-refractivity contribution in [2.24, 2.45) is 46.3 Å². The van der Waals surface area contributed by atoms with Crippen LogP contribution in [0.4, 0.5) is 0 Å². The number of hydrogen-bond acceptors (Lipinski definition) is 5. The van der Waals surface area contributed by atoms with Crippen LogP contribution in [0.2, 0.25) is 0 Å². The number of carbonyl (C=O) groups is 1. The van der Waals surface area contributed by atoms with Crippen molar-refractivity contribution in [3.8, 4) is 17.2 Å². The van der Waals surface area contributed by atoms with Crippen molar-refractivity contribution in [1.29, 1.82) is 0 Å². The van der Waals surface area contributed by atoms with E-state index in [0.29, 0.717) is 48.0 Å². The normalized spacial score (nSPS) is 25.7. The molecule has 1 unspecified atom stereocenters. The molecule has 69 heavy (non-hydrogen) atoms. The highest BCUT2D eigenvalue weighted by Crippen LogP contribution is 2.67. The molecule has 5 nitrogen and oxygen atoms in total. The second-order valence-electron chi connectivity index (χ2n) is 24.3. The van der Waals surface area contributed by atoms with Crippen molar-refractivity contribution in [2.45, 2.75) is 286 Å². The summed E-state index contributed by atoms with van der Waals surface area (Å²) in [5, 5.41) is 0. The minimum Gasteiger partial charge on any atom is -0.490 e. The molecule has 8 atom stereocenters. The van der Waals surface area contributed by atoms with Gasteiger partial charge < -0.3 is 18.9 Å². The predicted octanol–water partition coefficient (Wildman–Crippen LogP) is 19.8. The van der Waals surface area contributed by atoms with E-state index < -0.39 is 0 Å². The first-order valence-electron chi connectivity index (χ1n) is 30.5. The maximum Gasteiger partial charge on any atom is 0.338 e. The van der Waals surface area contributed by atoms with Gasteiger partial charge in [0.1, 0.15) is 6.10 Å². The third-order valence-corrected chi connectivity index (χ3v) is 18.5. The average molecular weight is 960 g/mol. The third-order valence-electron chi connectivity index (χ3n) is 18.5. The van der Waals surface area contributed by atoms with E-state index in [1.165, 1.54) is 167 Å². The van der Waals surface area contributed by atoms with E-state index in [2.05, 4.69) is 61.5 Å². The minimum atomic E-state index is -0.255. The van der Waals surface area contributed by atoms with Gasteiger partial charge in [-0.3, -0.25) is 0 Å². The van der Waals surface area contributed by atoms with Crippen molar-refractivity contribution < 1.29 is 23.7 Å². The molecule has 0 saturated heterocycles. The summed E-state index contributed by atoms with van der Waals surface area (Å²) in [6.07, 6.45) is 46.4. The molecule has 3 fully saturated rings. The Bertz CT molecular complexity index is 1550. The molecule has 0 N–H and O–H groups in total. The highest BCUT2D eigenvalue weighted by molar-refractivity contribution is 5.91. The lowest BCUT2D eigenvalue weighted by Crippen LogP contribution is -2.51. The molecule has 0 bridgehead atoms. The average Bonchev–Trinajstić information content (AvgIpc) is 3.70. The number of hydrogen-bond donors (Lipinski definition) is 0. The van der Waals surface area contributed by atoms with Crippen molar-refractivity contribution in [1.82, 2.24) is 0 Å². The highest BCUT2D eigenvalue weighted by Gasteiger charge is 2.59. The Morgan fingerprint density at radius 3 is 1.61 bits per heavy atom. The van der Waals surface area contributed by atoms with Crippen LogP contribution in [0.25, 0.3) is 0 Å². The van der Waals surface area contributed by atoms with Crippen molar-refractivity contribution >= 4 is 5.97 Å². The summed E-state index contributed by atoms with van der Waals surface area (Å²) in [4.78, 5) is 14.4. The molecule has 0 amide bonds. The first-order chi connectivity index (χ1) is 33.5. The lowest BCUT2D eigenvalue weighted by Gasteiger charge is -2.58. The molecule has 0 spiro atoms. The Morgan fingerprint density at radius 2 is 1.09 bits per heavy atom. The summed E-state index contributed by atoms with van der Waals surface area (Å²) in [6.45, 7) is 21.3. The lowest BCUT2D eigenvalue weighted by molar-refractivity contribution is -0.0594. The molecule has 5 rings (SSSR count). The second-order valence-corrected chi connectivity index (χ2v) is 24.3. The van der Waals surface area contributed by atoms with E-state index in [1.807, 2.05) is 12.1 Å². The molecule has 396 valence electrons. The van der Waals surface area contributed by atoms with E-state index in [9.17, 15) is 4.79 Å². The first-order valence-corrected chi connectivity index (χ1v) is 30.5. The Balaban J connectivity index is 1.26. The Labute approximate surface area is 427 Å². The van der Waals surface area contributed by atoms with Crippen LogP contribution in [-0.2, 0) is 4.74 Å². The molecule has 3 saturated carbocycles. The fraction of sp³-hybridized carbons (Fsp3) is 0.859. The molecule has 4 aliphatic rings. The molecular formula is C64H110O5. The molecule has 4 aliphatic carbocycles. The number of unbranched alkanes of at least 4 members (excludes halogenated alkanes) is 21. The van der Waals surface area contributed by atoms with Crippen LogP contribution in [0.5, 0.6) is 17.2 Å². The van der Waals surface area contributed by atoms with E-state index in [-0.39, 0.29) is 17.5 Å². The van der Waals surface area contributed by atoms with Gasteiger partial charge in [-0.1, -0.05) is 221 Å². The number of rotatable bonds is 37. The van der Waals surface area contributed by atoms with Gasteiger partial charge >= 0.3 is 5.97 Å². The fourth-order valence-corrected chi connectivity index (χ4v) is 14.3. The van der Waals surface area contributed by atoms with Crippen LogP contribution in [-0.4, -0.2) is 31.9 Å². The second kappa shape index (κ2) is 31.4. The van der Waals surface area contributed by atoms with Gasteiger partial charge in [0.25, 0.3) is 0 Å². The SMILES string of the molecule is CCCCCCCCCCOc1cc(C(=O)OC2CC[C@@]3(C)C(=CC[C@H]4[C@@H]5CC[C@H]([C@H](C)CCCC(C)C)[C@@]5(C)CC[C@@H]43)C2)cc(OCCCCCCCCCC)c1OCCCCCCCCCC. The number of esters is 1. The van der Waals surface area contributed by atoms with Crippen molar-refractivity contribution in [2.75, 3.05) is 19.8 Å². The largest absolute Gasteiger partial charge is 0.490 e. The quantitative estimate of drug-likeness (QED) is 0.0378. The van der Waals surface area contributed by atoms with Gasteiger partial charge in [0.15, 0.2) is 11.5 Å². The number of fused-ring (bicyclic) bond motifs is 5. The van der Waals surface area contributed by atoms with Gasteiger partial charge in [-0.25, -0.2) is 4.79 Å². The van der Waals surface area contributed by atoms with E-state index in [0.717, 1.165) is 93.3 Å². The Kier molecular flexibility index (Phi) is 26.3. The van der Waals surface area contributed by atoms with Gasteiger partial charge in [-0.15, -0.1) is 0 Å². The summed E-state index contributed by atoms with van der Waals surface area (Å²) in [5.74, 6) is 6.62. The molecule has 0 aromatic heterocycles. The zero-order valence-corrected chi connectivity index (χ0v) is 46.7. The monoisotopic (exact) mass is 959 g/mol.